The molecule has 1 heterocycles. The van der Waals surface area contributed by atoms with Crippen LogP contribution >= 0.6 is 15.9 Å². The highest BCUT2D eigenvalue weighted by molar-refractivity contribution is 9.10. The number of aromatic nitrogens is 2. The average Bonchev–Trinajstić information content (AvgIpc) is 2.48. The van der Waals surface area contributed by atoms with Crippen LogP contribution in [0, 0.1) is 0 Å². The molecule has 1 aromatic heterocycles. The van der Waals surface area contributed by atoms with Crippen molar-refractivity contribution in [2.45, 2.75) is 0 Å². The van der Waals surface area contributed by atoms with Gasteiger partial charge in [0, 0.05) is 6.07 Å². The molecule has 0 radical (unpaired) electrons. The van der Waals surface area contributed by atoms with Crippen LogP contribution in [0.4, 0.5) is 5.69 Å². The van der Waals surface area contributed by atoms with Gasteiger partial charge in [0.1, 0.15) is 21.8 Å². The van der Waals surface area contributed by atoms with E-state index in [1.807, 2.05) is 0 Å². The number of anilines is 1. The molecule has 2 rings (SSSR count). The monoisotopic (exact) mass is 337 g/mol. The Kier molecular flexibility index (Phi) is 4.52. The first-order chi connectivity index (χ1) is 9.63. The molecule has 0 bridgehead atoms. The Morgan fingerprint density at radius 1 is 1.20 bits per heavy atom. The van der Waals surface area contributed by atoms with Gasteiger partial charge < -0.3 is 14.8 Å². The Bertz CT molecular complexity index is 617. The molecule has 20 heavy (non-hydrogen) atoms. The quantitative estimate of drug-likeness (QED) is 0.927. The first kappa shape index (κ1) is 14.3. The molecule has 2 aromatic rings. The molecule has 1 amide bonds. The summed E-state index contributed by atoms with van der Waals surface area (Å²) in [5.41, 5.74) is 0.745. The van der Waals surface area contributed by atoms with Crippen LogP contribution in [0.15, 0.2) is 35.2 Å². The highest BCUT2D eigenvalue weighted by atomic mass is 79.9. The van der Waals surface area contributed by atoms with Gasteiger partial charge in [0.2, 0.25) is 0 Å². The van der Waals surface area contributed by atoms with Crippen molar-refractivity contribution < 1.29 is 14.3 Å². The Balaban J connectivity index is 2.21. The van der Waals surface area contributed by atoms with Crippen molar-refractivity contribution in [2.75, 3.05) is 19.5 Å². The molecule has 0 saturated carbocycles. The van der Waals surface area contributed by atoms with Crippen molar-refractivity contribution in [3.63, 3.8) is 0 Å². The highest BCUT2D eigenvalue weighted by Crippen LogP contribution is 2.29. The molecular formula is C13H12BrN3O3. The topological polar surface area (TPSA) is 73.3 Å². The third kappa shape index (κ3) is 3.24. The molecule has 0 saturated heterocycles. The van der Waals surface area contributed by atoms with Crippen LogP contribution in [0.5, 0.6) is 11.5 Å². The molecule has 104 valence electrons. The summed E-state index contributed by atoms with van der Waals surface area (Å²) in [6.45, 7) is 0. The summed E-state index contributed by atoms with van der Waals surface area (Å²) in [6.07, 6.45) is 2.84. The molecule has 0 spiro atoms. The number of carbonyl (C=O) groups excluding carboxylic acids is 1. The zero-order valence-electron chi connectivity index (χ0n) is 10.9. The molecule has 0 aliphatic carbocycles. The summed E-state index contributed by atoms with van der Waals surface area (Å²) in [4.78, 5) is 20.0. The van der Waals surface area contributed by atoms with Crippen LogP contribution in [-0.4, -0.2) is 30.1 Å². The van der Waals surface area contributed by atoms with E-state index >= 15 is 0 Å². The number of nitrogens with one attached hydrogen (secondary N) is 1. The van der Waals surface area contributed by atoms with Gasteiger partial charge in [-0.2, -0.15) is 0 Å². The van der Waals surface area contributed by atoms with Gasteiger partial charge in [0.25, 0.3) is 5.91 Å². The maximum Gasteiger partial charge on any atom is 0.275 e. The van der Waals surface area contributed by atoms with Crippen LogP contribution in [0.25, 0.3) is 0 Å². The van der Waals surface area contributed by atoms with Crippen molar-refractivity contribution in [2.24, 2.45) is 0 Å². The number of carbonyl (C=O) groups is 1. The second kappa shape index (κ2) is 6.33. The maximum atomic E-state index is 12.0. The summed E-state index contributed by atoms with van der Waals surface area (Å²) in [7, 11) is 3.08. The fraction of sp³-hybridized carbons (Fsp3) is 0.154. The van der Waals surface area contributed by atoms with E-state index in [4.69, 9.17) is 9.47 Å². The Morgan fingerprint density at radius 3 is 2.60 bits per heavy atom. The molecule has 0 aliphatic rings. The summed E-state index contributed by atoms with van der Waals surface area (Å²) < 4.78 is 10.9. The molecule has 7 heteroatoms. The number of halogens is 1. The fourth-order valence-electron chi connectivity index (χ4n) is 1.52. The van der Waals surface area contributed by atoms with E-state index in [0.29, 0.717) is 21.8 Å². The van der Waals surface area contributed by atoms with Crippen molar-refractivity contribution in [1.82, 2.24) is 9.97 Å². The summed E-state index contributed by atoms with van der Waals surface area (Å²) in [5, 5.41) is 2.71. The minimum atomic E-state index is -0.367. The standard InChI is InChI=1S/C13H12BrN3O3/c1-19-8-3-4-9(11(5-8)20-2)17-13(18)10-6-16-12(14)7-15-10/h3-7H,1-2H3,(H,17,18). The first-order valence-corrected chi connectivity index (χ1v) is 6.44. The number of methoxy groups -OCH3 is 2. The lowest BCUT2D eigenvalue weighted by Gasteiger charge is -2.11. The molecule has 6 nitrogen and oxygen atoms in total. The summed E-state index contributed by atoms with van der Waals surface area (Å²) in [5.74, 6) is 0.777. The van der Waals surface area contributed by atoms with Gasteiger partial charge in [0.05, 0.1) is 32.3 Å². The summed E-state index contributed by atoms with van der Waals surface area (Å²) >= 11 is 3.16. The molecule has 0 atom stereocenters. The van der Waals surface area contributed by atoms with Crippen molar-refractivity contribution in [1.29, 1.82) is 0 Å². The Hall–Kier alpha value is -2.15. The second-order valence-electron chi connectivity index (χ2n) is 3.74. The van der Waals surface area contributed by atoms with Gasteiger partial charge >= 0.3 is 0 Å². The average molecular weight is 338 g/mol. The van der Waals surface area contributed by atoms with E-state index in [0.717, 1.165) is 0 Å². The normalized spacial score (nSPS) is 9.95. The van der Waals surface area contributed by atoms with Crippen LogP contribution in [0.3, 0.4) is 0 Å². The van der Waals surface area contributed by atoms with Gasteiger partial charge in [-0.25, -0.2) is 9.97 Å². The zero-order chi connectivity index (χ0) is 14.5. The third-order valence-electron chi connectivity index (χ3n) is 2.51. The fourth-order valence-corrected chi connectivity index (χ4v) is 1.72. The molecule has 0 unspecified atom stereocenters. The molecule has 0 aliphatic heterocycles. The molecule has 1 aromatic carbocycles. The first-order valence-electron chi connectivity index (χ1n) is 5.65. The molecule has 1 N–H and O–H groups in total. The van der Waals surface area contributed by atoms with Gasteiger partial charge in [-0.3, -0.25) is 4.79 Å². The van der Waals surface area contributed by atoms with Crippen LogP contribution in [0.2, 0.25) is 0 Å². The van der Waals surface area contributed by atoms with Gasteiger partial charge in [0.15, 0.2) is 0 Å². The van der Waals surface area contributed by atoms with E-state index in [2.05, 4.69) is 31.2 Å². The van der Waals surface area contributed by atoms with Gasteiger partial charge in [-0.1, -0.05) is 0 Å². The number of hydrogen-bond donors (Lipinski definition) is 1. The Morgan fingerprint density at radius 2 is 2.00 bits per heavy atom. The summed E-state index contributed by atoms with van der Waals surface area (Å²) in [6, 6.07) is 5.11. The van der Waals surface area contributed by atoms with E-state index in [1.165, 1.54) is 19.5 Å². The zero-order valence-corrected chi connectivity index (χ0v) is 12.5. The third-order valence-corrected chi connectivity index (χ3v) is 2.92. The number of nitrogens with zero attached hydrogens (tertiary/aromatic N) is 2. The SMILES string of the molecule is COc1ccc(NC(=O)c2cnc(Br)cn2)c(OC)c1. The minimum Gasteiger partial charge on any atom is -0.497 e. The molecular weight excluding hydrogens is 326 g/mol. The van der Waals surface area contributed by atoms with E-state index < -0.39 is 0 Å². The second-order valence-corrected chi connectivity index (χ2v) is 4.56. The minimum absolute atomic E-state index is 0.214. The predicted octanol–water partition coefficient (Wildman–Crippen LogP) is 2.51. The Labute approximate surface area is 124 Å². The number of ether oxygens (including phenoxy) is 2. The smallest absolute Gasteiger partial charge is 0.275 e. The van der Waals surface area contributed by atoms with Gasteiger partial charge in [-0.05, 0) is 28.1 Å². The van der Waals surface area contributed by atoms with Crippen LogP contribution in [0.1, 0.15) is 10.5 Å². The van der Waals surface area contributed by atoms with E-state index in [-0.39, 0.29) is 11.6 Å². The van der Waals surface area contributed by atoms with Crippen LogP contribution in [-0.2, 0) is 0 Å². The number of hydrogen-bond acceptors (Lipinski definition) is 5. The number of rotatable bonds is 4. The predicted molar refractivity (Wildman–Crippen MR) is 77.2 cm³/mol. The maximum absolute atomic E-state index is 12.0. The lowest BCUT2D eigenvalue weighted by Crippen LogP contribution is -2.14. The van der Waals surface area contributed by atoms with E-state index in [1.54, 1.807) is 25.3 Å². The molecule has 0 fully saturated rings. The van der Waals surface area contributed by atoms with E-state index in [9.17, 15) is 4.79 Å². The largest absolute Gasteiger partial charge is 0.497 e. The number of amides is 1. The van der Waals surface area contributed by atoms with Gasteiger partial charge in [-0.15, -0.1) is 0 Å². The number of benzene rings is 1. The lowest BCUT2D eigenvalue weighted by molar-refractivity contribution is 0.102. The van der Waals surface area contributed by atoms with Crippen molar-refractivity contribution >= 4 is 27.5 Å². The lowest BCUT2D eigenvalue weighted by atomic mass is 10.2. The highest BCUT2D eigenvalue weighted by Gasteiger charge is 2.12. The van der Waals surface area contributed by atoms with Crippen LogP contribution < -0.4 is 14.8 Å². The van der Waals surface area contributed by atoms with Crippen molar-refractivity contribution in [3.05, 3.63) is 40.9 Å². The van der Waals surface area contributed by atoms with Crippen molar-refractivity contribution in [3.8, 4) is 11.5 Å².